The topological polar surface area (TPSA) is 29.1 Å². The van der Waals surface area contributed by atoms with Crippen molar-refractivity contribution in [3.63, 3.8) is 0 Å². The Hall–Kier alpha value is -2.09. The first kappa shape index (κ1) is 17.7. The average molecular weight is 335 g/mol. The molecule has 132 valence electrons. The van der Waals surface area contributed by atoms with Crippen LogP contribution in [0.3, 0.4) is 0 Å². The molecule has 0 aliphatic heterocycles. The van der Waals surface area contributed by atoms with E-state index in [1.54, 1.807) is 0 Å². The summed E-state index contributed by atoms with van der Waals surface area (Å²) in [6.45, 7) is 2.99. The number of amides is 1. The predicted molar refractivity (Wildman–Crippen MR) is 104 cm³/mol. The lowest BCUT2D eigenvalue weighted by atomic mass is 9.93. The van der Waals surface area contributed by atoms with E-state index < -0.39 is 0 Å². The number of aryl methyl sites for hydroxylation is 4. The molecule has 2 heteroatoms. The van der Waals surface area contributed by atoms with Crippen LogP contribution in [-0.4, -0.2) is 12.5 Å². The van der Waals surface area contributed by atoms with Crippen molar-refractivity contribution in [2.75, 3.05) is 6.54 Å². The van der Waals surface area contributed by atoms with Crippen molar-refractivity contribution in [1.82, 2.24) is 5.32 Å². The number of hydrogen-bond donors (Lipinski definition) is 1. The SMILES string of the molecule is CCCCCCNC(=O)c1cc2ccc1CCc1ccc(cc1)CC2. The zero-order valence-corrected chi connectivity index (χ0v) is 15.3. The molecule has 0 radical (unpaired) electrons. The average Bonchev–Trinajstić information content (AvgIpc) is 2.63. The van der Waals surface area contributed by atoms with Crippen molar-refractivity contribution < 1.29 is 4.79 Å². The molecule has 6 rings (SSSR count). The number of carbonyl (C=O) groups is 1. The second-order valence-electron chi connectivity index (χ2n) is 7.12. The van der Waals surface area contributed by atoms with Gasteiger partial charge in [0.1, 0.15) is 0 Å². The van der Waals surface area contributed by atoms with E-state index in [1.807, 2.05) is 0 Å². The second-order valence-corrected chi connectivity index (χ2v) is 7.12. The van der Waals surface area contributed by atoms with Gasteiger partial charge in [-0.3, -0.25) is 4.79 Å². The van der Waals surface area contributed by atoms with Gasteiger partial charge in [0.15, 0.2) is 0 Å². The van der Waals surface area contributed by atoms with Crippen LogP contribution in [0.25, 0.3) is 0 Å². The van der Waals surface area contributed by atoms with E-state index in [4.69, 9.17) is 0 Å². The van der Waals surface area contributed by atoms with Gasteiger partial charge in [0.2, 0.25) is 0 Å². The number of nitrogens with one attached hydrogen (secondary N) is 1. The van der Waals surface area contributed by atoms with E-state index in [-0.39, 0.29) is 5.91 Å². The molecule has 1 amide bonds. The number of hydrogen-bond acceptors (Lipinski definition) is 1. The molecular weight excluding hydrogens is 306 g/mol. The predicted octanol–water partition coefficient (Wildman–Crippen LogP) is 4.88. The molecule has 0 fully saturated rings. The quantitative estimate of drug-likeness (QED) is 0.749. The van der Waals surface area contributed by atoms with Gasteiger partial charge in [-0.25, -0.2) is 0 Å². The highest BCUT2D eigenvalue weighted by atomic mass is 16.1. The van der Waals surface area contributed by atoms with Gasteiger partial charge in [-0.1, -0.05) is 62.6 Å². The van der Waals surface area contributed by atoms with Gasteiger partial charge in [-0.15, -0.1) is 0 Å². The zero-order chi connectivity index (χ0) is 17.5. The van der Waals surface area contributed by atoms with Gasteiger partial charge in [0.25, 0.3) is 5.91 Å². The van der Waals surface area contributed by atoms with Crippen LogP contribution in [-0.2, 0) is 25.7 Å². The summed E-state index contributed by atoms with van der Waals surface area (Å²) in [6, 6.07) is 15.4. The standard InChI is InChI=1S/C23H29NO/c1-2-3-4-5-16-24-23(25)22-17-20-11-10-18-6-8-19(9-7-18)12-14-21(22)15-13-20/h6-9,13,15,17H,2-5,10-12,14,16H2,1H3,(H,24,25). The van der Waals surface area contributed by atoms with Crippen molar-refractivity contribution in [3.8, 4) is 0 Å². The van der Waals surface area contributed by atoms with Gasteiger partial charge < -0.3 is 5.32 Å². The molecule has 2 nitrogen and oxygen atoms in total. The number of carbonyl (C=O) groups excluding carboxylic acids is 1. The van der Waals surface area contributed by atoms with E-state index in [9.17, 15) is 4.79 Å². The molecule has 25 heavy (non-hydrogen) atoms. The van der Waals surface area contributed by atoms with E-state index in [2.05, 4.69) is 54.7 Å². The first-order chi connectivity index (χ1) is 12.3. The molecule has 4 bridgehead atoms. The maximum atomic E-state index is 12.7. The smallest absolute Gasteiger partial charge is 0.251 e. The molecule has 2 aromatic rings. The summed E-state index contributed by atoms with van der Waals surface area (Å²) < 4.78 is 0. The summed E-state index contributed by atoms with van der Waals surface area (Å²) in [4.78, 5) is 12.7. The first-order valence-corrected chi connectivity index (χ1v) is 9.74. The lowest BCUT2D eigenvalue weighted by molar-refractivity contribution is 0.0952. The largest absolute Gasteiger partial charge is 0.352 e. The zero-order valence-electron chi connectivity index (χ0n) is 15.3. The van der Waals surface area contributed by atoms with Crippen LogP contribution < -0.4 is 5.32 Å². The third-order valence-electron chi connectivity index (χ3n) is 5.14. The third kappa shape index (κ3) is 4.94. The van der Waals surface area contributed by atoms with Gasteiger partial charge in [0.05, 0.1) is 0 Å². The van der Waals surface area contributed by atoms with Crippen LogP contribution in [0.15, 0.2) is 42.5 Å². The van der Waals surface area contributed by atoms with E-state index >= 15 is 0 Å². The molecule has 0 saturated heterocycles. The summed E-state index contributed by atoms with van der Waals surface area (Å²) >= 11 is 0. The van der Waals surface area contributed by atoms with Crippen LogP contribution in [0.1, 0.15) is 65.2 Å². The van der Waals surface area contributed by atoms with Crippen molar-refractivity contribution in [3.05, 3.63) is 70.3 Å². The maximum Gasteiger partial charge on any atom is 0.251 e. The van der Waals surface area contributed by atoms with Crippen LogP contribution in [0.5, 0.6) is 0 Å². The molecule has 0 aromatic heterocycles. The van der Waals surface area contributed by atoms with Gasteiger partial charge in [0, 0.05) is 12.1 Å². The minimum absolute atomic E-state index is 0.0966. The molecule has 4 aliphatic rings. The van der Waals surface area contributed by atoms with Crippen molar-refractivity contribution in [1.29, 1.82) is 0 Å². The Morgan fingerprint density at radius 1 is 0.840 bits per heavy atom. The van der Waals surface area contributed by atoms with Gasteiger partial charge >= 0.3 is 0 Å². The summed E-state index contributed by atoms with van der Waals surface area (Å²) in [7, 11) is 0. The Morgan fingerprint density at radius 2 is 1.48 bits per heavy atom. The molecule has 0 heterocycles. The first-order valence-electron chi connectivity index (χ1n) is 9.74. The Bertz CT molecular complexity index is 703. The summed E-state index contributed by atoms with van der Waals surface area (Å²) in [5, 5.41) is 3.13. The third-order valence-corrected chi connectivity index (χ3v) is 5.14. The lowest BCUT2D eigenvalue weighted by Gasteiger charge is -2.14. The van der Waals surface area contributed by atoms with Crippen LogP contribution in [0.4, 0.5) is 0 Å². The monoisotopic (exact) mass is 335 g/mol. The normalized spacial score (nSPS) is 13.3. The molecule has 0 atom stereocenters. The van der Waals surface area contributed by atoms with Crippen LogP contribution in [0, 0.1) is 0 Å². The molecule has 0 unspecified atom stereocenters. The fourth-order valence-corrected chi connectivity index (χ4v) is 3.50. The number of benzene rings is 2. The second kappa shape index (κ2) is 8.84. The molecule has 1 N–H and O–H groups in total. The fourth-order valence-electron chi connectivity index (χ4n) is 3.50. The van der Waals surface area contributed by atoms with Crippen LogP contribution in [0.2, 0.25) is 0 Å². The molecule has 4 aliphatic carbocycles. The minimum atomic E-state index is 0.0966. The highest BCUT2D eigenvalue weighted by Crippen LogP contribution is 2.19. The Balaban J connectivity index is 1.73. The van der Waals surface area contributed by atoms with Crippen molar-refractivity contribution in [2.45, 2.75) is 58.3 Å². The number of unbranched alkanes of at least 4 members (excludes halogenated alkanes) is 3. The van der Waals surface area contributed by atoms with Crippen LogP contribution >= 0.6 is 0 Å². The highest BCUT2D eigenvalue weighted by Gasteiger charge is 2.13. The molecular formula is C23H29NO. The van der Waals surface area contributed by atoms with Crippen molar-refractivity contribution >= 4 is 5.91 Å². The minimum Gasteiger partial charge on any atom is -0.352 e. The van der Waals surface area contributed by atoms with E-state index in [0.29, 0.717) is 0 Å². The van der Waals surface area contributed by atoms with E-state index in [0.717, 1.165) is 44.2 Å². The Labute approximate surface area is 151 Å². The number of rotatable bonds is 6. The Kier molecular flexibility index (Phi) is 6.27. The van der Waals surface area contributed by atoms with Gasteiger partial charge in [-0.05, 0) is 60.4 Å². The molecule has 2 aromatic carbocycles. The molecule has 0 saturated carbocycles. The highest BCUT2D eigenvalue weighted by molar-refractivity contribution is 5.95. The van der Waals surface area contributed by atoms with Gasteiger partial charge in [-0.2, -0.15) is 0 Å². The summed E-state index contributed by atoms with van der Waals surface area (Å²) in [5.74, 6) is 0.0966. The molecule has 0 spiro atoms. The lowest BCUT2D eigenvalue weighted by Crippen LogP contribution is -2.26. The Morgan fingerprint density at radius 3 is 2.20 bits per heavy atom. The maximum absolute atomic E-state index is 12.7. The van der Waals surface area contributed by atoms with Crippen molar-refractivity contribution in [2.24, 2.45) is 0 Å². The summed E-state index contributed by atoms with van der Waals surface area (Å²) in [6.07, 6.45) is 8.64. The summed E-state index contributed by atoms with van der Waals surface area (Å²) in [5.41, 5.74) is 6.02. The van der Waals surface area contributed by atoms with E-state index in [1.165, 1.54) is 41.5 Å². The fraction of sp³-hybridized carbons (Fsp3) is 0.435.